The molecule has 1 rings (SSSR count). The SMILES string of the molecule is CCNC(=O)NC(=O)C(C)NCC1(O)CCOC1C. The quantitative estimate of drug-likeness (QED) is 0.533. The standard InChI is InChI=1S/C12H23N3O4/c1-4-13-11(17)15-10(16)8(2)14-7-12(18)5-6-19-9(12)3/h8-9,14,18H,4-7H2,1-3H3,(H2,13,15,16,17). The van der Waals surface area contributed by atoms with Gasteiger partial charge in [0.15, 0.2) is 0 Å². The van der Waals surface area contributed by atoms with Crippen molar-refractivity contribution in [2.24, 2.45) is 0 Å². The van der Waals surface area contributed by atoms with Gasteiger partial charge in [0.1, 0.15) is 5.60 Å². The molecule has 0 bridgehead atoms. The molecule has 7 heteroatoms. The van der Waals surface area contributed by atoms with Crippen molar-refractivity contribution in [3.63, 3.8) is 0 Å². The van der Waals surface area contributed by atoms with Crippen LogP contribution in [-0.2, 0) is 9.53 Å². The van der Waals surface area contributed by atoms with Gasteiger partial charge >= 0.3 is 6.03 Å². The number of nitrogens with one attached hydrogen (secondary N) is 3. The van der Waals surface area contributed by atoms with Crippen molar-refractivity contribution in [3.8, 4) is 0 Å². The van der Waals surface area contributed by atoms with E-state index in [1.54, 1.807) is 20.8 Å². The Kier molecular flexibility index (Phi) is 5.71. The van der Waals surface area contributed by atoms with Crippen LogP contribution in [0.1, 0.15) is 27.2 Å². The van der Waals surface area contributed by atoms with Gasteiger partial charge in [-0.25, -0.2) is 4.79 Å². The van der Waals surface area contributed by atoms with Crippen molar-refractivity contribution in [2.45, 2.75) is 44.9 Å². The van der Waals surface area contributed by atoms with Crippen molar-refractivity contribution in [3.05, 3.63) is 0 Å². The van der Waals surface area contributed by atoms with Gasteiger partial charge in [-0.05, 0) is 20.8 Å². The Morgan fingerprint density at radius 1 is 1.53 bits per heavy atom. The van der Waals surface area contributed by atoms with Crippen LogP contribution in [0.4, 0.5) is 4.79 Å². The molecule has 0 aliphatic carbocycles. The van der Waals surface area contributed by atoms with E-state index in [2.05, 4.69) is 16.0 Å². The van der Waals surface area contributed by atoms with E-state index in [1.165, 1.54) is 0 Å². The second-order valence-corrected chi connectivity index (χ2v) is 4.82. The molecule has 110 valence electrons. The molecule has 0 aromatic carbocycles. The third kappa shape index (κ3) is 4.45. The van der Waals surface area contributed by atoms with Gasteiger partial charge in [0, 0.05) is 26.1 Å². The lowest BCUT2D eigenvalue weighted by Gasteiger charge is -2.27. The van der Waals surface area contributed by atoms with Gasteiger partial charge in [0.05, 0.1) is 12.1 Å². The average molecular weight is 273 g/mol. The summed E-state index contributed by atoms with van der Waals surface area (Å²) >= 11 is 0. The summed E-state index contributed by atoms with van der Waals surface area (Å²) in [6.45, 7) is 6.42. The number of amides is 3. The number of hydrogen-bond donors (Lipinski definition) is 4. The second kappa shape index (κ2) is 6.83. The summed E-state index contributed by atoms with van der Waals surface area (Å²) in [7, 11) is 0. The normalized spacial score (nSPS) is 27.9. The van der Waals surface area contributed by atoms with Crippen LogP contribution in [0.5, 0.6) is 0 Å². The molecule has 0 aromatic rings. The highest BCUT2D eigenvalue weighted by Gasteiger charge is 2.39. The number of urea groups is 1. The van der Waals surface area contributed by atoms with Crippen LogP contribution in [0.25, 0.3) is 0 Å². The molecule has 0 aromatic heterocycles. The molecule has 1 fully saturated rings. The van der Waals surface area contributed by atoms with Crippen molar-refractivity contribution in [1.29, 1.82) is 0 Å². The number of imide groups is 1. The van der Waals surface area contributed by atoms with Crippen LogP contribution in [0.2, 0.25) is 0 Å². The van der Waals surface area contributed by atoms with Gasteiger partial charge < -0.3 is 20.5 Å². The number of ether oxygens (including phenoxy) is 1. The Hall–Kier alpha value is -1.18. The Labute approximate surface area is 113 Å². The summed E-state index contributed by atoms with van der Waals surface area (Å²) < 4.78 is 5.30. The molecule has 1 aliphatic heterocycles. The van der Waals surface area contributed by atoms with Crippen LogP contribution in [-0.4, -0.2) is 54.5 Å². The minimum Gasteiger partial charge on any atom is -0.386 e. The Morgan fingerprint density at radius 2 is 2.21 bits per heavy atom. The maximum atomic E-state index is 11.7. The van der Waals surface area contributed by atoms with E-state index in [9.17, 15) is 14.7 Å². The summed E-state index contributed by atoms with van der Waals surface area (Å²) in [4.78, 5) is 22.9. The lowest BCUT2D eigenvalue weighted by molar-refractivity contribution is -0.122. The molecule has 1 aliphatic rings. The number of rotatable bonds is 5. The second-order valence-electron chi connectivity index (χ2n) is 4.82. The molecule has 0 radical (unpaired) electrons. The van der Waals surface area contributed by atoms with E-state index in [0.29, 0.717) is 19.6 Å². The highest BCUT2D eigenvalue weighted by molar-refractivity contribution is 5.96. The number of aliphatic hydroxyl groups is 1. The highest BCUT2D eigenvalue weighted by Crippen LogP contribution is 2.24. The zero-order chi connectivity index (χ0) is 14.5. The fourth-order valence-corrected chi connectivity index (χ4v) is 1.85. The summed E-state index contributed by atoms with van der Waals surface area (Å²) in [6.07, 6.45) is 0.268. The highest BCUT2D eigenvalue weighted by atomic mass is 16.5. The molecule has 1 heterocycles. The number of hydrogen-bond acceptors (Lipinski definition) is 5. The molecular formula is C12H23N3O4. The third-order valence-electron chi connectivity index (χ3n) is 3.34. The van der Waals surface area contributed by atoms with Gasteiger partial charge in [-0.1, -0.05) is 0 Å². The van der Waals surface area contributed by atoms with Crippen LogP contribution in [0.3, 0.4) is 0 Å². The minimum atomic E-state index is -0.958. The van der Waals surface area contributed by atoms with Crippen molar-refractivity contribution in [1.82, 2.24) is 16.0 Å². The molecule has 0 saturated carbocycles. The van der Waals surface area contributed by atoms with E-state index < -0.39 is 23.6 Å². The molecule has 7 nitrogen and oxygen atoms in total. The predicted molar refractivity (Wildman–Crippen MR) is 69.7 cm³/mol. The van der Waals surface area contributed by atoms with Crippen molar-refractivity contribution < 1.29 is 19.4 Å². The summed E-state index contributed by atoms with van der Waals surface area (Å²) in [5.41, 5.74) is -0.958. The predicted octanol–water partition coefficient (Wildman–Crippen LogP) is -0.650. The maximum absolute atomic E-state index is 11.7. The van der Waals surface area contributed by atoms with E-state index >= 15 is 0 Å². The Balaban J connectivity index is 2.36. The largest absolute Gasteiger partial charge is 0.386 e. The maximum Gasteiger partial charge on any atom is 0.321 e. The molecule has 3 amide bonds. The monoisotopic (exact) mass is 273 g/mol. The summed E-state index contributed by atoms with van der Waals surface area (Å²) in [6, 6.07) is -1.09. The fraction of sp³-hybridized carbons (Fsp3) is 0.833. The molecule has 19 heavy (non-hydrogen) atoms. The first-order chi connectivity index (χ1) is 8.89. The molecular weight excluding hydrogens is 250 g/mol. The van der Waals surface area contributed by atoms with Crippen LogP contribution in [0.15, 0.2) is 0 Å². The average Bonchev–Trinajstić information content (AvgIpc) is 2.67. The van der Waals surface area contributed by atoms with Gasteiger partial charge in [-0.15, -0.1) is 0 Å². The molecule has 1 saturated heterocycles. The van der Waals surface area contributed by atoms with Gasteiger partial charge in [-0.2, -0.15) is 0 Å². The molecule has 3 atom stereocenters. The topological polar surface area (TPSA) is 99.7 Å². The number of carbonyl (C=O) groups excluding carboxylic acids is 2. The first-order valence-electron chi connectivity index (χ1n) is 6.55. The Bertz CT molecular complexity index is 337. The smallest absolute Gasteiger partial charge is 0.321 e. The van der Waals surface area contributed by atoms with Gasteiger partial charge in [0.25, 0.3) is 0 Å². The van der Waals surface area contributed by atoms with Crippen LogP contribution < -0.4 is 16.0 Å². The summed E-state index contributed by atoms with van der Waals surface area (Å²) in [5.74, 6) is -0.430. The zero-order valence-corrected chi connectivity index (χ0v) is 11.7. The first kappa shape index (κ1) is 15.9. The van der Waals surface area contributed by atoms with Crippen molar-refractivity contribution in [2.75, 3.05) is 19.7 Å². The Morgan fingerprint density at radius 3 is 2.74 bits per heavy atom. The van der Waals surface area contributed by atoms with Crippen LogP contribution in [0, 0.1) is 0 Å². The van der Waals surface area contributed by atoms with E-state index in [-0.39, 0.29) is 12.6 Å². The van der Waals surface area contributed by atoms with E-state index in [4.69, 9.17) is 4.74 Å². The summed E-state index contributed by atoms with van der Waals surface area (Å²) in [5, 5.41) is 17.9. The van der Waals surface area contributed by atoms with Crippen molar-refractivity contribution >= 4 is 11.9 Å². The van der Waals surface area contributed by atoms with E-state index in [1.807, 2.05) is 0 Å². The lowest BCUT2D eigenvalue weighted by Crippen LogP contribution is -2.53. The third-order valence-corrected chi connectivity index (χ3v) is 3.34. The lowest BCUT2D eigenvalue weighted by atomic mass is 9.96. The minimum absolute atomic E-state index is 0.248. The first-order valence-corrected chi connectivity index (χ1v) is 6.55. The molecule has 4 N–H and O–H groups in total. The zero-order valence-electron chi connectivity index (χ0n) is 11.7. The van der Waals surface area contributed by atoms with Gasteiger partial charge in [0.2, 0.25) is 5.91 Å². The fourth-order valence-electron chi connectivity index (χ4n) is 1.85. The molecule has 3 unspecified atom stereocenters. The number of carbonyl (C=O) groups is 2. The van der Waals surface area contributed by atoms with Crippen LogP contribution >= 0.6 is 0 Å². The molecule has 0 spiro atoms. The van der Waals surface area contributed by atoms with Gasteiger partial charge in [-0.3, -0.25) is 10.1 Å². The van der Waals surface area contributed by atoms with E-state index in [0.717, 1.165) is 0 Å².